The smallest absolute Gasteiger partial charge is 0.266 e. The maximum Gasteiger partial charge on any atom is 0.266 e. The summed E-state index contributed by atoms with van der Waals surface area (Å²) in [6.45, 7) is 1.93. The largest absolute Gasteiger partial charge is 0.548 e. The van der Waals surface area contributed by atoms with Gasteiger partial charge in [0.2, 0.25) is 0 Å². The number of hydrogen-bond acceptors (Lipinski definition) is 6. The Morgan fingerprint density at radius 3 is 2.70 bits per heavy atom. The number of benzene rings is 2. The highest BCUT2D eigenvalue weighted by Crippen LogP contribution is 2.32. The van der Waals surface area contributed by atoms with Gasteiger partial charge in [-0.3, -0.25) is 9.69 Å². The molecular formula is C20H16NO4S2-. The Hall–Kier alpha value is -2.64. The third kappa shape index (κ3) is 4.96. The number of aryl methyl sites for hydroxylation is 1. The first-order chi connectivity index (χ1) is 12.9. The van der Waals surface area contributed by atoms with E-state index in [1.54, 1.807) is 6.08 Å². The van der Waals surface area contributed by atoms with Crippen LogP contribution in [-0.4, -0.2) is 27.6 Å². The first-order valence-electron chi connectivity index (χ1n) is 8.16. The quantitative estimate of drug-likeness (QED) is 0.550. The number of carboxylic acids is 1. The lowest BCUT2D eigenvalue weighted by Gasteiger charge is -2.14. The lowest BCUT2D eigenvalue weighted by molar-refractivity contribution is -0.305. The van der Waals surface area contributed by atoms with Crippen molar-refractivity contribution in [2.24, 2.45) is 0 Å². The Kier molecular flexibility index (Phi) is 5.93. The second-order valence-corrected chi connectivity index (χ2v) is 7.66. The van der Waals surface area contributed by atoms with Gasteiger partial charge < -0.3 is 14.6 Å². The van der Waals surface area contributed by atoms with Crippen molar-refractivity contribution in [2.75, 3.05) is 6.54 Å². The van der Waals surface area contributed by atoms with E-state index >= 15 is 0 Å². The molecule has 5 nitrogen and oxygen atoms in total. The van der Waals surface area contributed by atoms with Crippen LogP contribution in [0.25, 0.3) is 6.08 Å². The van der Waals surface area contributed by atoms with Crippen LogP contribution < -0.4 is 9.84 Å². The van der Waals surface area contributed by atoms with Crippen molar-refractivity contribution in [2.45, 2.75) is 13.5 Å². The van der Waals surface area contributed by atoms with Gasteiger partial charge >= 0.3 is 0 Å². The zero-order chi connectivity index (χ0) is 19.4. The molecule has 0 aromatic heterocycles. The minimum Gasteiger partial charge on any atom is -0.548 e. The van der Waals surface area contributed by atoms with Crippen LogP contribution >= 0.6 is 24.0 Å². The summed E-state index contributed by atoms with van der Waals surface area (Å²) >= 11 is 6.14. The van der Waals surface area contributed by atoms with E-state index < -0.39 is 18.4 Å². The first kappa shape index (κ1) is 19.1. The van der Waals surface area contributed by atoms with Gasteiger partial charge in [-0.2, -0.15) is 0 Å². The van der Waals surface area contributed by atoms with E-state index in [1.165, 1.54) is 5.56 Å². The molecule has 2 aromatic carbocycles. The summed E-state index contributed by atoms with van der Waals surface area (Å²) in [6.07, 6.45) is 1.67. The number of carboxylic acid groups (broad SMARTS) is 1. The number of thioether (sulfide) groups is 1. The molecule has 1 fully saturated rings. The fourth-order valence-corrected chi connectivity index (χ4v) is 3.72. The minimum atomic E-state index is -1.35. The molecule has 1 aliphatic heterocycles. The van der Waals surface area contributed by atoms with E-state index in [2.05, 4.69) is 0 Å². The van der Waals surface area contributed by atoms with Gasteiger partial charge in [-0.1, -0.05) is 65.9 Å². The van der Waals surface area contributed by atoms with Crippen LogP contribution in [0.5, 0.6) is 5.75 Å². The van der Waals surface area contributed by atoms with Crippen LogP contribution in [0.3, 0.4) is 0 Å². The van der Waals surface area contributed by atoms with Crippen LogP contribution in [0.15, 0.2) is 53.4 Å². The SMILES string of the molecule is Cc1ccc(COc2cccc(/C=C3\SC(=S)N(CC(=O)[O-])C3=O)c2)cc1. The molecular weight excluding hydrogens is 382 g/mol. The van der Waals surface area contributed by atoms with Gasteiger partial charge in [-0.15, -0.1) is 0 Å². The first-order valence-corrected chi connectivity index (χ1v) is 9.38. The van der Waals surface area contributed by atoms with Crippen LogP contribution in [0.4, 0.5) is 0 Å². The summed E-state index contributed by atoms with van der Waals surface area (Å²) < 4.78 is 6.03. The number of carbonyl (C=O) groups is 2. The van der Waals surface area contributed by atoms with Crippen LogP contribution in [0, 0.1) is 6.92 Å². The third-order valence-electron chi connectivity index (χ3n) is 3.84. The molecule has 0 N–H and O–H groups in total. The lowest BCUT2D eigenvalue weighted by Crippen LogP contribution is -2.40. The average molecular weight is 398 g/mol. The Balaban J connectivity index is 1.71. The number of amides is 1. The fourth-order valence-electron chi connectivity index (χ4n) is 2.46. The van der Waals surface area contributed by atoms with Gasteiger partial charge in [0.1, 0.15) is 16.7 Å². The molecule has 1 aliphatic rings. The zero-order valence-corrected chi connectivity index (χ0v) is 16.1. The molecule has 0 bridgehead atoms. The Bertz CT molecular complexity index is 922. The Morgan fingerprint density at radius 2 is 2.00 bits per heavy atom. The molecule has 1 saturated heterocycles. The maximum atomic E-state index is 12.3. The molecule has 0 atom stereocenters. The zero-order valence-electron chi connectivity index (χ0n) is 14.5. The second kappa shape index (κ2) is 8.37. The highest BCUT2D eigenvalue weighted by atomic mass is 32.2. The summed E-state index contributed by atoms with van der Waals surface area (Å²) in [5.41, 5.74) is 3.02. The van der Waals surface area contributed by atoms with E-state index in [0.717, 1.165) is 27.8 Å². The number of carbonyl (C=O) groups excluding carboxylic acids is 2. The number of ether oxygens (including phenoxy) is 1. The number of aliphatic carboxylic acids is 1. The van der Waals surface area contributed by atoms with Crippen molar-refractivity contribution in [1.29, 1.82) is 0 Å². The van der Waals surface area contributed by atoms with E-state index in [9.17, 15) is 14.7 Å². The van der Waals surface area contributed by atoms with Gasteiger partial charge in [0.25, 0.3) is 5.91 Å². The van der Waals surface area contributed by atoms with Crippen LogP contribution in [0.2, 0.25) is 0 Å². The molecule has 0 radical (unpaired) electrons. The van der Waals surface area contributed by atoms with Gasteiger partial charge in [0.15, 0.2) is 0 Å². The van der Waals surface area contributed by atoms with Crippen molar-refractivity contribution in [1.82, 2.24) is 4.90 Å². The molecule has 2 aromatic rings. The molecule has 0 saturated carbocycles. The Morgan fingerprint density at radius 1 is 1.26 bits per heavy atom. The van der Waals surface area contributed by atoms with Gasteiger partial charge in [-0.05, 0) is 36.3 Å². The third-order valence-corrected chi connectivity index (χ3v) is 5.22. The summed E-state index contributed by atoms with van der Waals surface area (Å²) in [5.74, 6) is -1.10. The lowest BCUT2D eigenvalue weighted by atomic mass is 10.1. The molecule has 1 amide bonds. The maximum absolute atomic E-state index is 12.3. The topological polar surface area (TPSA) is 69.7 Å². The molecule has 3 rings (SSSR count). The number of rotatable bonds is 6. The summed E-state index contributed by atoms with van der Waals surface area (Å²) in [7, 11) is 0. The van der Waals surface area contributed by atoms with Crippen LogP contribution in [-0.2, 0) is 16.2 Å². The monoisotopic (exact) mass is 398 g/mol. The van der Waals surface area contributed by atoms with Gasteiger partial charge in [0, 0.05) is 0 Å². The number of hydrogen-bond donors (Lipinski definition) is 0. The summed E-state index contributed by atoms with van der Waals surface area (Å²) in [5, 5.41) is 10.8. The van der Waals surface area contributed by atoms with Crippen molar-refractivity contribution in [3.8, 4) is 5.75 Å². The predicted octanol–water partition coefficient (Wildman–Crippen LogP) is 2.53. The molecule has 27 heavy (non-hydrogen) atoms. The number of thiocarbonyl (C=S) groups is 1. The minimum absolute atomic E-state index is 0.210. The normalized spacial score (nSPS) is 15.4. The molecule has 0 spiro atoms. The van der Waals surface area contributed by atoms with E-state index in [0.29, 0.717) is 17.3 Å². The van der Waals surface area contributed by atoms with Crippen molar-refractivity contribution < 1.29 is 19.4 Å². The highest BCUT2D eigenvalue weighted by Gasteiger charge is 2.31. The average Bonchev–Trinajstić information content (AvgIpc) is 2.89. The summed E-state index contributed by atoms with van der Waals surface area (Å²) in [6, 6.07) is 15.4. The summed E-state index contributed by atoms with van der Waals surface area (Å²) in [4.78, 5) is 24.5. The molecule has 0 unspecified atom stereocenters. The van der Waals surface area contributed by atoms with E-state index in [-0.39, 0.29) is 4.32 Å². The van der Waals surface area contributed by atoms with Gasteiger partial charge in [0.05, 0.1) is 17.4 Å². The second-order valence-electron chi connectivity index (χ2n) is 5.99. The van der Waals surface area contributed by atoms with Crippen LogP contribution in [0.1, 0.15) is 16.7 Å². The predicted molar refractivity (Wildman–Crippen MR) is 107 cm³/mol. The molecule has 7 heteroatoms. The Labute approximate surface area is 166 Å². The van der Waals surface area contributed by atoms with Gasteiger partial charge in [-0.25, -0.2) is 0 Å². The molecule has 138 valence electrons. The number of nitrogens with zero attached hydrogens (tertiary/aromatic N) is 1. The van der Waals surface area contributed by atoms with E-state index in [1.807, 2.05) is 55.5 Å². The van der Waals surface area contributed by atoms with Crippen molar-refractivity contribution in [3.05, 3.63) is 70.1 Å². The van der Waals surface area contributed by atoms with Crippen molar-refractivity contribution >= 4 is 46.3 Å². The fraction of sp³-hybridized carbons (Fsp3) is 0.150. The molecule has 0 aliphatic carbocycles. The standard InChI is InChI=1S/C20H17NO4S2/c1-13-5-7-14(8-6-13)12-25-16-4-2-3-15(9-16)10-17-19(24)21(11-18(22)23)20(26)27-17/h2-10H,11-12H2,1H3,(H,22,23)/p-1/b17-10-. The van der Waals surface area contributed by atoms with Crippen molar-refractivity contribution in [3.63, 3.8) is 0 Å². The van der Waals surface area contributed by atoms with E-state index in [4.69, 9.17) is 17.0 Å². The molecule has 1 heterocycles. The highest BCUT2D eigenvalue weighted by molar-refractivity contribution is 8.26.